The minimum atomic E-state index is -0.0932. The summed E-state index contributed by atoms with van der Waals surface area (Å²) in [7, 11) is 0. The number of aromatic amines is 1. The molecule has 0 aromatic carbocycles. The predicted molar refractivity (Wildman–Crippen MR) is 51.4 cm³/mol. The van der Waals surface area contributed by atoms with Crippen molar-refractivity contribution in [3.63, 3.8) is 0 Å². The predicted octanol–water partition coefficient (Wildman–Crippen LogP) is 1.45. The third kappa shape index (κ3) is 1.75. The molecule has 0 unspecified atom stereocenters. The van der Waals surface area contributed by atoms with Crippen molar-refractivity contribution < 1.29 is 4.79 Å². The van der Waals surface area contributed by atoms with E-state index in [9.17, 15) is 4.79 Å². The molecule has 0 radical (unpaired) electrons. The van der Waals surface area contributed by atoms with E-state index in [0.717, 1.165) is 12.8 Å². The Labute approximate surface area is 84.2 Å². The van der Waals surface area contributed by atoms with E-state index in [2.05, 4.69) is 31.4 Å². The monoisotopic (exact) mass is 243 g/mol. The highest BCUT2D eigenvalue weighted by Gasteiger charge is 2.39. The van der Waals surface area contributed by atoms with Crippen LogP contribution < -0.4 is 5.32 Å². The molecule has 0 saturated heterocycles. The van der Waals surface area contributed by atoms with Gasteiger partial charge in [-0.3, -0.25) is 9.89 Å². The maximum atomic E-state index is 11.6. The summed E-state index contributed by atoms with van der Waals surface area (Å²) in [4.78, 5) is 11.6. The summed E-state index contributed by atoms with van der Waals surface area (Å²) < 4.78 is 0.703. The van der Waals surface area contributed by atoms with Crippen molar-refractivity contribution in [2.24, 2.45) is 0 Å². The first kappa shape index (κ1) is 8.74. The number of nitrogens with zero attached hydrogens (tertiary/aromatic N) is 1. The molecule has 70 valence electrons. The Morgan fingerprint density at radius 3 is 2.92 bits per heavy atom. The van der Waals surface area contributed by atoms with Crippen molar-refractivity contribution in [1.82, 2.24) is 15.5 Å². The number of amides is 1. The van der Waals surface area contributed by atoms with Crippen LogP contribution in [-0.2, 0) is 0 Å². The first-order valence-corrected chi connectivity index (χ1v) is 4.91. The second-order valence-corrected chi connectivity index (χ2v) is 4.46. The standard InChI is InChI=1S/C8H10BrN3O/c1-8(2-3-8)11-7(13)6-5(9)4-10-12-6/h4H,2-3H2,1H3,(H,10,12)(H,11,13). The number of carbonyl (C=O) groups excluding carboxylic acids is 1. The van der Waals surface area contributed by atoms with Gasteiger partial charge < -0.3 is 5.32 Å². The second-order valence-electron chi connectivity index (χ2n) is 3.61. The Balaban J connectivity index is 2.09. The van der Waals surface area contributed by atoms with Crippen LogP contribution in [0.1, 0.15) is 30.3 Å². The van der Waals surface area contributed by atoms with E-state index >= 15 is 0 Å². The molecule has 1 aliphatic carbocycles. The van der Waals surface area contributed by atoms with Gasteiger partial charge >= 0.3 is 0 Å². The Hall–Kier alpha value is -0.840. The smallest absolute Gasteiger partial charge is 0.270 e. The van der Waals surface area contributed by atoms with Gasteiger partial charge in [0, 0.05) is 5.54 Å². The highest BCUT2D eigenvalue weighted by molar-refractivity contribution is 9.10. The number of rotatable bonds is 2. The van der Waals surface area contributed by atoms with E-state index in [1.165, 1.54) is 0 Å². The van der Waals surface area contributed by atoms with Gasteiger partial charge in [-0.2, -0.15) is 5.10 Å². The lowest BCUT2D eigenvalue weighted by atomic mass is 10.3. The number of hydrogen-bond donors (Lipinski definition) is 2. The molecule has 0 aliphatic heterocycles. The fourth-order valence-electron chi connectivity index (χ4n) is 1.08. The average molecular weight is 244 g/mol. The molecular formula is C8H10BrN3O. The molecule has 2 rings (SSSR count). The molecular weight excluding hydrogens is 234 g/mol. The summed E-state index contributed by atoms with van der Waals surface area (Å²) in [6, 6.07) is 0. The summed E-state index contributed by atoms with van der Waals surface area (Å²) in [6.07, 6.45) is 3.69. The molecule has 1 heterocycles. The minimum Gasteiger partial charge on any atom is -0.346 e. The molecule has 1 saturated carbocycles. The van der Waals surface area contributed by atoms with Gasteiger partial charge in [-0.1, -0.05) is 0 Å². The van der Waals surface area contributed by atoms with Crippen molar-refractivity contribution in [3.05, 3.63) is 16.4 Å². The number of halogens is 1. The van der Waals surface area contributed by atoms with Crippen LogP contribution in [0, 0.1) is 0 Å². The zero-order valence-electron chi connectivity index (χ0n) is 7.22. The molecule has 0 spiro atoms. The number of hydrogen-bond acceptors (Lipinski definition) is 2. The van der Waals surface area contributed by atoms with Gasteiger partial charge in [-0.05, 0) is 35.7 Å². The topological polar surface area (TPSA) is 57.8 Å². The quantitative estimate of drug-likeness (QED) is 0.827. The molecule has 1 fully saturated rings. The third-order valence-corrected chi connectivity index (χ3v) is 2.84. The van der Waals surface area contributed by atoms with Crippen LogP contribution in [0.2, 0.25) is 0 Å². The van der Waals surface area contributed by atoms with E-state index in [-0.39, 0.29) is 11.4 Å². The zero-order valence-corrected chi connectivity index (χ0v) is 8.81. The molecule has 13 heavy (non-hydrogen) atoms. The highest BCUT2D eigenvalue weighted by Crippen LogP contribution is 2.34. The Bertz CT molecular complexity index is 343. The molecule has 0 atom stereocenters. The Morgan fingerprint density at radius 1 is 1.77 bits per heavy atom. The van der Waals surface area contributed by atoms with Crippen molar-refractivity contribution in [1.29, 1.82) is 0 Å². The SMILES string of the molecule is CC1(NC(=O)c2[nH]ncc2Br)CC1. The average Bonchev–Trinajstić information content (AvgIpc) is 2.63. The minimum absolute atomic E-state index is 0.0155. The first-order valence-electron chi connectivity index (χ1n) is 4.12. The summed E-state index contributed by atoms with van der Waals surface area (Å²) in [5, 5.41) is 9.34. The molecule has 0 bridgehead atoms. The van der Waals surface area contributed by atoms with Crippen molar-refractivity contribution in [2.75, 3.05) is 0 Å². The molecule has 1 aliphatic rings. The molecule has 4 nitrogen and oxygen atoms in total. The van der Waals surface area contributed by atoms with Gasteiger partial charge in [-0.25, -0.2) is 0 Å². The lowest BCUT2D eigenvalue weighted by Gasteiger charge is -2.09. The lowest BCUT2D eigenvalue weighted by Crippen LogP contribution is -2.34. The number of H-pyrrole nitrogens is 1. The number of carbonyl (C=O) groups is 1. The second kappa shape index (κ2) is 2.83. The molecule has 1 amide bonds. The fraction of sp³-hybridized carbons (Fsp3) is 0.500. The van der Waals surface area contributed by atoms with Crippen LogP contribution in [0.15, 0.2) is 10.7 Å². The summed E-state index contributed by atoms with van der Waals surface area (Å²) in [6.45, 7) is 2.04. The van der Waals surface area contributed by atoms with Crippen molar-refractivity contribution in [2.45, 2.75) is 25.3 Å². The molecule has 5 heteroatoms. The van der Waals surface area contributed by atoms with Crippen molar-refractivity contribution >= 4 is 21.8 Å². The first-order chi connectivity index (χ1) is 6.11. The van der Waals surface area contributed by atoms with Gasteiger partial charge in [0.1, 0.15) is 5.69 Å². The van der Waals surface area contributed by atoms with Crippen LogP contribution in [0.5, 0.6) is 0 Å². The summed E-state index contributed by atoms with van der Waals surface area (Å²) >= 11 is 3.24. The van der Waals surface area contributed by atoms with E-state index in [0.29, 0.717) is 10.2 Å². The van der Waals surface area contributed by atoms with Gasteiger partial charge in [-0.15, -0.1) is 0 Å². The molecule has 1 aromatic rings. The molecule has 2 N–H and O–H groups in total. The lowest BCUT2D eigenvalue weighted by molar-refractivity contribution is 0.0929. The number of nitrogens with one attached hydrogen (secondary N) is 2. The normalized spacial score (nSPS) is 18.3. The summed E-state index contributed by atoms with van der Waals surface area (Å²) in [5.74, 6) is -0.0932. The van der Waals surface area contributed by atoms with Crippen LogP contribution in [-0.4, -0.2) is 21.6 Å². The Kier molecular flexibility index (Phi) is 1.91. The van der Waals surface area contributed by atoms with E-state index in [1.54, 1.807) is 6.20 Å². The fourth-order valence-corrected chi connectivity index (χ4v) is 1.45. The van der Waals surface area contributed by atoms with Crippen LogP contribution in [0.4, 0.5) is 0 Å². The zero-order chi connectivity index (χ0) is 9.47. The van der Waals surface area contributed by atoms with E-state index in [1.807, 2.05) is 6.92 Å². The van der Waals surface area contributed by atoms with Crippen LogP contribution in [0.3, 0.4) is 0 Å². The largest absolute Gasteiger partial charge is 0.346 e. The van der Waals surface area contributed by atoms with Gasteiger partial charge in [0.25, 0.3) is 5.91 Å². The van der Waals surface area contributed by atoms with Crippen molar-refractivity contribution in [3.8, 4) is 0 Å². The third-order valence-electron chi connectivity index (χ3n) is 2.24. The maximum absolute atomic E-state index is 11.6. The van der Waals surface area contributed by atoms with E-state index < -0.39 is 0 Å². The van der Waals surface area contributed by atoms with Crippen LogP contribution in [0.25, 0.3) is 0 Å². The van der Waals surface area contributed by atoms with E-state index in [4.69, 9.17) is 0 Å². The van der Waals surface area contributed by atoms with Gasteiger partial charge in [0.05, 0.1) is 10.7 Å². The van der Waals surface area contributed by atoms with Gasteiger partial charge in [0.2, 0.25) is 0 Å². The molecule has 1 aromatic heterocycles. The number of aromatic nitrogens is 2. The van der Waals surface area contributed by atoms with Crippen LogP contribution >= 0.6 is 15.9 Å². The van der Waals surface area contributed by atoms with Gasteiger partial charge in [0.15, 0.2) is 0 Å². The Morgan fingerprint density at radius 2 is 2.46 bits per heavy atom. The maximum Gasteiger partial charge on any atom is 0.270 e. The highest BCUT2D eigenvalue weighted by atomic mass is 79.9. The summed E-state index contributed by atoms with van der Waals surface area (Å²) in [5.41, 5.74) is 0.509.